The summed E-state index contributed by atoms with van der Waals surface area (Å²) in [4.78, 5) is 18.6. The molecule has 5 atom stereocenters. The highest BCUT2D eigenvalue weighted by molar-refractivity contribution is 5.84. The van der Waals surface area contributed by atoms with Crippen molar-refractivity contribution in [2.24, 2.45) is 0 Å². The topological polar surface area (TPSA) is 160 Å². The monoisotopic (exact) mass is 596 g/mol. The third-order valence-electron chi connectivity index (χ3n) is 8.34. The molecule has 2 fully saturated rings. The Morgan fingerprint density at radius 3 is 2.39 bits per heavy atom. The zero-order valence-electron chi connectivity index (χ0n) is 24.4. The maximum absolute atomic E-state index is 11.1. The van der Waals surface area contributed by atoms with Gasteiger partial charge in [0.15, 0.2) is 35.1 Å². The van der Waals surface area contributed by atoms with Gasteiger partial charge in [0.2, 0.25) is 5.95 Å². The van der Waals surface area contributed by atoms with Crippen LogP contribution in [0.15, 0.2) is 73.3 Å². The van der Waals surface area contributed by atoms with Crippen molar-refractivity contribution >= 4 is 22.9 Å². The summed E-state index contributed by atoms with van der Waals surface area (Å²) in [5, 5.41) is 36.8. The second-order valence-electron chi connectivity index (χ2n) is 11.2. The predicted molar refractivity (Wildman–Crippen MR) is 164 cm³/mol. The Labute approximate surface area is 254 Å². The molecule has 2 aliphatic heterocycles. The highest BCUT2D eigenvalue weighted by atomic mass is 16.6. The molecule has 0 saturated carbocycles. The number of benzene rings is 2. The molecule has 13 heteroatoms. The van der Waals surface area contributed by atoms with Crippen LogP contribution in [0.2, 0.25) is 0 Å². The summed E-state index contributed by atoms with van der Waals surface area (Å²) in [6.07, 6.45) is -0.256. The van der Waals surface area contributed by atoms with Crippen LogP contribution in [0, 0.1) is 0 Å². The lowest BCUT2D eigenvalue weighted by Crippen LogP contribution is -2.29. The SMILES string of the molecule is CCn1cnc([C@H]2O[C@@H](n3cnc4c(NCC(c5ccccc5)c5ccccc5)nc(N[C@@H]5CCNC5)nc43)[C@H](O)[C@@H]2O)n1. The maximum Gasteiger partial charge on any atom is 0.227 e. The Morgan fingerprint density at radius 2 is 1.73 bits per heavy atom. The summed E-state index contributed by atoms with van der Waals surface area (Å²) >= 11 is 0. The molecule has 44 heavy (non-hydrogen) atoms. The van der Waals surface area contributed by atoms with Crippen LogP contribution in [0.25, 0.3) is 11.2 Å². The van der Waals surface area contributed by atoms with Gasteiger partial charge in [-0.3, -0.25) is 9.25 Å². The molecule has 2 aliphatic rings. The Hall–Kier alpha value is -4.43. The second-order valence-corrected chi connectivity index (χ2v) is 11.2. The average Bonchev–Trinajstić information content (AvgIpc) is 3.87. The summed E-state index contributed by atoms with van der Waals surface area (Å²) in [5.74, 6) is 1.38. The average molecular weight is 597 g/mol. The molecule has 5 N–H and O–H groups in total. The fraction of sp³-hybridized carbons (Fsp3) is 0.387. The zero-order chi connectivity index (χ0) is 30.0. The lowest BCUT2D eigenvalue weighted by molar-refractivity contribution is -0.0383. The Kier molecular flexibility index (Phi) is 7.91. The lowest BCUT2D eigenvalue weighted by Gasteiger charge is -2.20. The van der Waals surface area contributed by atoms with E-state index < -0.39 is 24.5 Å². The van der Waals surface area contributed by atoms with Crippen molar-refractivity contribution in [3.63, 3.8) is 0 Å². The van der Waals surface area contributed by atoms with Gasteiger partial charge in [0.1, 0.15) is 18.5 Å². The number of aromatic nitrogens is 7. The van der Waals surface area contributed by atoms with Gasteiger partial charge in [-0.25, -0.2) is 9.97 Å². The number of aliphatic hydroxyl groups is 2. The zero-order valence-corrected chi connectivity index (χ0v) is 24.4. The van der Waals surface area contributed by atoms with Gasteiger partial charge in [0.25, 0.3) is 0 Å². The van der Waals surface area contributed by atoms with Crippen LogP contribution >= 0.6 is 0 Å². The van der Waals surface area contributed by atoms with E-state index in [0.717, 1.165) is 19.5 Å². The van der Waals surface area contributed by atoms with Crippen molar-refractivity contribution in [1.82, 2.24) is 39.6 Å². The number of imidazole rings is 1. The van der Waals surface area contributed by atoms with E-state index in [9.17, 15) is 10.2 Å². The van der Waals surface area contributed by atoms with Gasteiger partial charge in [-0.1, -0.05) is 60.7 Å². The van der Waals surface area contributed by atoms with Crippen LogP contribution in [0.4, 0.5) is 11.8 Å². The number of aliphatic hydroxyl groups excluding tert-OH is 2. The van der Waals surface area contributed by atoms with E-state index >= 15 is 0 Å². The lowest BCUT2D eigenvalue weighted by atomic mass is 9.91. The maximum atomic E-state index is 11.1. The Balaban J connectivity index is 1.23. The second kappa shape index (κ2) is 12.3. The number of ether oxygens (including phenoxy) is 1. The first-order chi connectivity index (χ1) is 21.6. The molecule has 2 aromatic carbocycles. The van der Waals surface area contributed by atoms with E-state index in [1.54, 1.807) is 21.9 Å². The molecule has 228 valence electrons. The fourth-order valence-corrected chi connectivity index (χ4v) is 5.94. The standard InChI is InChI=1S/C31H36N10O3/c1-2-40-17-35-28(39-40)26-24(42)25(43)30(44-26)41-18-34-23-27(37-31(38-29(23)41)36-21-13-14-32-15-21)33-16-22(19-9-5-3-6-10-19)20-11-7-4-8-12-20/h3-12,17-18,21-22,24-26,30,32,42-43H,2,13-16H2,1H3,(H2,33,36,37,38)/t21-,24+,25-,26+,30-/m1/s1. The van der Waals surface area contributed by atoms with E-state index in [-0.39, 0.29) is 12.0 Å². The summed E-state index contributed by atoms with van der Waals surface area (Å²) < 4.78 is 9.48. The molecule has 13 nitrogen and oxygen atoms in total. The van der Waals surface area contributed by atoms with Gasteiger partial charge in [-0.05, 0) is 31.0 Å². The number of aryl methyl sites for hydroxylation is 1. The third-order valence-corrected chi connectivity index (χ3v) is 8.34. The molecule has 5 aromatic rings. The molecular formula is C31H36N10O3. The molecular weight excluding hydrogens is 560 g/mol. The van der Waals surface area contributed by atoms with Gasteiger partial charge >= 0.3 is 0 Å². The Morgan fingerprint density at radius 1 is 0.977 bits per heavy atom. The first-order valence-electron chi connectivity index (χ1n) is 15.1. The van der Waals surface area contributed by atoms with Crippen LogP contribution in [0.3, 0.4) is 0 Å². The molecule has 0 amide bonds. The number of hydrogen-bond acceptors (Lipinski definition) is 11. The molecule has 5 heterocycles. The number of nitrogens with one attached hydrogen (secondary N) is 3. The smallest absolute Gasteiger partial charge is 0.227 e. The number of anilines is 2. The van der Waals surface area contributed by atoms with Crippen LogP contribution in [0.5, 0.6) is 0 Å². The third kappa shape index (κ3) is 5.50. The highest BCUT2D eigenvalue weighted by Gasteiger charge is 2.47. The molecule has 0 spiro atoms. The molecule has 0 aliphatic carbocycles. The van der Waals surface area contributed by atoms with E-state index in [1.807, 2.05) is 43.3 Å². The summed E-state index contributed by atoms with van der Waals surface area (Å²) in [6.45, 7) is 4.86. The van der Waals surface area contributed by atoms with Crippen molar-refractivity contribution in [2.75, 3.05) is 30.3 Å². The first-order valence-corrected chi connectivity index (χ1v) is 15.1. The van der Waals surface area contributed by atoms with Crippen LogP contribution < -0.4 is 16.0 Å². The van der Waals surface area contributed by atoms with Crippen molar-refractivity contribution in [3.8, 4) is 0 Å². The van der Waals surface area contributed by atoms with Gasteiger partial charge < -0.3 is 30.9 Å². The van der Waals surface area contributed by atoms with E-state index in [2.05, 4.69) is 55.3 Å². The summed E-state index contributed by atoms with van der Waals surface area (Å²) in [6, 6.07) is 20.9. The summed E-state index contributed by atoms with van der Waals surface area (Å²) in [5.41, 5.74) is 3.36. The fourth-order valence-electron chi connectivity index (χ4n) is 5.94. The van der Waals surface area contributed by atoms with E-state index in [4.69, 9.17) is 14.7 Å². The number of nitrogens with zero attached hydrogens (tertiary/aromatic N) is 7. The normalized spacial score (nSPS) is 23.5. The minimum absolute atomic E-state index is 0.0614. The van der Waals surface area contributed by atoms with Gasteiger partial charge in [-0.15, -0.1) is 0 Å². The summed E-state index contributed by atoms with van der Waals surface area (Å²) in [7, 11) is 0. The van der Waals surface area contributed by atoms with E-state index in [1.165, 1.54) is 11.1 Å². The molecule has 0 bridgehead atoms. The van der Waals surface area contributed by atoms with Crippen LogP contribution in [-0.4, -0.2) is 82.4 Å². The number of hydrogen-bond donors (Lipinski definition) is 5. The number of rotatable bonds is 10. The molecule has 3 aromatic heterocycles. The molecule has 7 rings (SSSR count). The van der Waals surface area contributed by atoms with Crippen LogP contribution in [-0.2, 0) is 11.3 Å². The van der Waals surface area contributed by atoms with Crippen molar-refractivity contribution in [2.45, 2.75) is 56.4 Å². The predicted octanol–water partition coefficient (Wildman–Crippen LogP) is 2.45. The van der Waals surface area contributed by atoms with Crippen molar-refractivity contribution in [1.29, 1.82) is 0 Å². The van der Waals surface area contributed by atoms with Crippen molar-refractivity contribution in [3.05, 3.63) is 90.3 Å². The van der Waals surface area contributed by atoms with E-state index in [0.29, 0.717) is 41.8 Å². The van der Waals surface area contributed by atoms with Crippen molar-refractivity contribution < 1.29 is 14.9 Å². The van der Waals surface area contributed by atoms with Gasteiger partial charge in [0, 0.05) is 31.6 Å². The van der Waals surface area contributed by atoms with Gasteiger partial charge in [0.05, 0.1) is 6.33 Å². The minimum atomic E-state index is -1.26. The van der Waals surface area contributed by atoms with Crippen LogP contribution in [0.1, 0.15) is 48.5 Å². The largest absolute Gasteiger partial charge is 0.387 e. The first kappa shape index (κ1) is 28.3. The molecule has 0 radical (unpaired) electrons. The Bertz CT molecular complexity index is 1650. The highest BCUT2D eigenvalue weighted by Crippen LogP contribution is 2.39. The number of fused-ring (bicyclic) bond motifs is 1. The van der Waals surface area contributed by atoms with Gasteiger partial charge in [-0.2, -0.15) is 15.1 Å². The quantitative estimate of drug-likeness (QED) is 0.161. The molecule has 0 unspecified atom stereocenters. The minimum Gasteiger partial charge on any atom is -0.387 e. The molecule has 2 saturated heterocycles.